The van der Waals surface area contributed by atoms with Crippen LogP contribution in [0.2, 0.25) is 0 Å². The molecule has 1 heterocycles. The molecule has 1 aliphatic rings. The largest absolute Gasteiger partial charge is 0.330 e. The zero-order chi connectivity index (χ0) is 14.9. The summed E-state index contributed by atoms with van der Waals surface area (Å²) in [6.07, 6.45) is 0. The van der Waals surface area contributed by atoms with Gasteiger partial charge in [0.1, 0.15) is 0 Å². The summed E-state index contributed by atoms with van der Waals surface area (Å²) in [6.45, 7) is 2.63. The van der Waals surface area contributed by atoms with Gasteiger partial charge >= 0.3 is 0 Å². The molecule has 2 aromatic rings. The van der Waals surface area contributed by atoms with Gasteiger partial charge in [0.15, 0.2) is 0 Å². The van der Waals surface area contributed by atoms with Crippen molar-refractivity contribution in [3.63, 3.8) is 0 Å². The zero-order valence-electron chi connectivity index (χ0n) is 12.0. The Morgan fingerprint density at radius 1 is 1.05 bits per heavy atom. The van der Waals surface area contributed by atoms with E-state index in [1.807, 2.05) is 48.2 Å². The molecule has 1 amide bonds. The fourth-order valence-electron chi connectivity index (χ4n) is 2.90. The SMILES string of the molecule is CC1(CCl)CN(C(c2ccccc2)c2ccccc2)C1=O. The molecular weight excluding hydrogens is 282 g/mol. The third kappa shape index (κ3) is 2.44. The van der Waals surface area contributed by atoms with Crippen LogP contribution in [0.4, 0.5) is 0 Å². The number of likely N-dealkylation sites (tertiary alicyclic amines) is 1. The van der Waals surface area contributed by atoms with E-state index in [-0.39, 0.29) is 11.9 Å². The third-order valence-electron chi connectivity index (χ3n) is 4.13. The molecule has 21 heavy (non-hydrogen) atoms. The van der Waals surface area contributed by atoms with Crippen molar-refractivity contribution >= 4 is 17.5 Å². The van der Waals surface area contributed by atoms with E-state index in [1.165, 1.54) is 0 Å². The molecule has 3 heteroatoms. The van der Waals surface area contributed by atoms with Crippen LogP contribution in [0.1, 0.15) is 24.1 Å². The third-order valence-corrected chi connectivity index (χ3v) is 4.72. The second-order valence-corrected chi connectivity index (χ2v) is 6.12. The van der Waals surface area contributed by atoms with Crippen molar-refractivity contribution in [3.05, 3.63) is 71.8 Å². The molecule has 1 atom stereocenters. The van der Waals surface area contributed by atoms with Gasteiger partial charge in [-0.25, -0.2) is 0 Å². The van der Waals surface area contributed by atoms with Crippen LogP contribution in [-0.2, 0) is 4.79 Å². The Labute approximate surface area is 130 Å². The van der Waals surface area contributed by atoms with E-state index in [9.17, 15) is 4.79 Å². The molecule has 2 nitrogen and oxygen atoms in total. The average molecular weight is 300 g/mol. The van der Waals surface area contributed by atoms with Crippen molar-refractivity contribution < 1.29 is 4.79 Å². The molecule has 1 aliphatic heterocycles. The Kier molecular flexibility index (Phi) is 3.73. The summed E-state index contributed by atoms with van der Waals surface area (Å²) in [5.41, 5.74) is 1.85. The molecular formula is C18H18ClNO. The van der Waals surface area contributed by atoms with Crippen LogP contribution in [0.3, 0.4) is 0 Å². The van der Waals surface area contributed by atoms with Crippen LogP contribution in [0.25, 0.3) is 0 Å². The van der Waals surface area contributed by atoms with E-state index < -0.39 is 5.41 Å². The monoisotopic (exact) mass is 299 g/mol. The van der Waals surface area contributed by atoms with Gasteiger partial charge in [-0.15, -0.1) is 11.6 Å². The van der Waals surface area contributed by atoms with E-state index >= 15 is 0 Å². The lowest BCUT2D eigenvalue weighted by atomic mass is 9.79. The summed E-state index contributed by atoms with van der Waals surface area (Å²) in [4.78, 5) is 14.5. The van der Waals surface area contributed by atoms with Crippen molar-refractivity contribution in [2.24, 2.45) is 5.41 Å². The minimum absolute atomic E-state index is 0.0313. The number of benzene rings is 2. The highest BCUT2D eigenvalue weighted by Crippen LogP contribution is 2.41. The Bertz CT molecular complexity index is 589. The number of carbonyl (C=O) groups excluding carboxylic acids is 1. The van der Waals surface area contributed by atoms with Gasteiger partial charge in [-0.3, -0.25) is 4.79 Å². The lowest BCUT2D eigenvalue weighted by Gasteiger charge is -2.50. The van der Waals surface area contributed by atoms with Crippen molar-refractivity contribution in [1.82, 2.24) is 4.90 Å². The van der Waals surface area contributed by atoms with Gasteiger partial charge in [0.25, 0.3) is 0 Å². The summed E-state index contributed by atoms with van der Waals surface area (Å²) in [5.74, 6) is 0.508. The predicted octanol–water partition coefficient (Wildman–Crippen LogP) is 3.86. The maximum atomic E-state index is 12.5. The van der Waals surface area contributed by atoms with E-state index in [4.69, 9.17) is 11.6 Å². The van der Waals surface area contributed by atoms with Crippen molar-refractivity contribution in [1.29, 1.82) is 0 Å². The summed E-state index contributed by atoms with van der Waals surface area (Å²) in [7, 11) is 0. The Balaban J connectivity index is 1.98. The van der Waals surface area contributed by atoms with Gasteiger partial charge in [0, 0.05) is 12.4 Å². The number of hydrogen-bond acceptors (Lipinski definition) is 1. The Hall–Kier alpha value is -1.80. The number of β-lactam (4-membered cyclic amide) rings is 1. The first kappa shape index (κ1) is 14.2. The van der Waals surface area contributed by atoms with E-state index in [0.29, 0.717) is 12.4 Å². The topological polar surface area (TPSA) is 20.3 Å². The fourth-order valence-corrected chi connectivity index (χ4v) is 3.10. The molecule has 0 aromatic heterocycles. The van der Waals surface area contributed by atoms with Gasteiger partial charge < -0.3 is 4.90 Å². The molecule has 1 unspecified atom stereocenters. The first-order valence-electron chi connectivity index (χ1n) is 7.13. The number of hydrogen-bond donors (Lipinski definition) is 0. The van der Waals surface area contributed by atoms with E-state index in [2.05, 4.69) is 24.3 Å². The van der Waals surface area contributed by atoms with Gasteiger partial charge in [-0.2, -0.15) is 0 Å². The number of rotatable bonds is 4. The summed E-state index contributed by atoms with van der Waals surface area (Å²) >= 11 is 5.95. The Morgan fingerprint density at radius 2 is 1.52 bits per heavy atom. The van der Waals surface area contributed by atoms with Crippen LogP contribution in [0.15, 0.2) is 60.7 Å². The first-order chi connectivity index (χ1) is 10.2. The van der Waals surface area contributed by atoms with Crippen LogP contribution in [0.5, 0.6) is 0 Å². The quantitative estimate of drug-likeness (QED) is 0.620. The zero-order valence-corrected chi connectivity index (χ0v) is 12.8. The molecule has 0 bridgehead atoms. The minimum Gasteiger partial charge on any atom is -0.330 e. The molecule has 0 spiro atoms. The van der Waals surface area contributed by atoms with Crippen LogP contribution in [-0.4, -0.2) is 23.2 Å². The number of nitrogens with zero attached hydrogens (tertiary/aromatic N) is 1. The molecule has 0 radical (unpaired) electrons. The Morgan fingerprint density at radius 3 is 1.90 bits per heavy atom. The number of halogens is 1. The van der Waals surface area contributed by atoms with Crippen molar-refractivity contribution in [3.8, 4) is 0 Å². The molecule has 2 aromatic carbocycles. The summed E-state index contributed by atoms with van der Waals surface area (Å²) in [6, 6.07) is 20.3. The fraction of sp³-hybridized carbons (Fsp3) is 0.278. The van der Waals surface area contributed by atoms with Gasteiger partial charge in [0.2, 0.25) is 5.91 Å². The second-order valence-electron chi connectivity index (χ2n) is 5.85. The number of amides is 1. The number of alkyl halides is 1. The smallest absolute Gasteiger partial charge is 0.232 e. The molecule has 1 fully saturated rings. The van der Waals surface area contributed by atoms with E-state index in [1.54, 1.807) is 0 Å². The molecule has 1 saturated heterocycles. The highest BCUT2D eigenvalue weighted by atomic mass is 35.5. The summed E-state index contributed by atoms with van der Waals surface area (Å²) in [5, 5.41) is 0. The maximum absolute atomic E-state index is 12.5. The minimum atomic E-state index is -0.413. The highest BCUT2D eigenvalue weighted by Gasteiger charge is 2.50. The standard InChI is InChI=1S/C18H18ClNO/c1-18(12-19)13-20(17(18)21)16(14-8-4-2-5-9-14)15-10-6-3-7-11-15/h2-11,16H,12-13H2,1H3. The number of carbonyl (C=O) groups is 1. The molecule has 108 valence electrons. The molecule has 0 N–H and O–H groups in total. The van der Waals surface area contributed by atoms with E-state index in [0.717, 1.165) is 11.1 Å². The van der Waals surface area contributed by atoms with Crippen LogP contribution in [0, 0.1) is 5.41 Å². The van der Waals surface area contributed by atoms with Gasteiger partial charge in [-0.05, 0) is 18.1 Å². The summed E-state index contributed by atoms with van der Waals surface area (Å²) < 4.78 is 0. The van der Waals surface area contributed by atoms with Crippen LogP contribution >= 0.6 is 11.6 Å². The van der Waals surface area contributed by atoms with Gasteiger partial charge in [-0.1, -0.05) is 60.7 Å². The lowest BCUT2D eigenvalue weighted by molar-refractivity contribution is -0.159. The second kappa shape index (κ2) is 5.53. The van der Waals surface area contributed by atoms with Gasteiger partial charge in [0.05, 0.1) is 11.5 Å². The average Bonchev–Trinajstić information content (AvgIpc) is 2.56. The molecule has 0 saturated carbocycles. The van der Waals surface area contributed by atoms with Crippen molar-refractivity contribution in [2.45, 2.75) is 13.0 Å². The first-order valence-corrected chi connectivity index (χ1v) is 7.66. The molecule has 3 rings (SSSR count). The maximum Gasteiger partial charge on any atom is 0.232 e. The normalized spacial score (nSPS) is 21.5. The lowest BCUT2D eigenvalue weighted by Crippen LogP contribution is -2.61. The predicted molar refractivity (Wildman–Crippen MR) is 85.3 cm³/mol. The van der Waals surface area contributed by atoms with Crippen LogP contribution < -0.4 is 0 Å². The highest BCUT2D eigenvalue weighted by molar-refractivity contribution is 6.20. The molecule has 0 aliphatic carbocycles. The van der Waals surface area contributed by atoms with Crippen molar-refractivity contribution in [2.75, 3.05) is 12.4 Å².